The zero-order valence-corrected chi connectivity index (χ0v) is 13.6. The topological polar surface area (TPSA) is 15.3 Å². The number of anilines is 1. The molecule has 2 atom stereocenters. The van der Waals surface area contributed by atoms with E-state index in [2.05, 4.69) is 48.3 Å². The number of nitrogens with zero attached hydrogens (tertiary/aromatic N) is 1. The van der Waals surface area contributed by atoms with Crippen LogP contribution >= 0.6 is 0 Å². The average molecular weight is 286 g/mol. The zero-order valence-electron chi connectivity index (χ0n) is 13.6. The maximum Gasteiger partial charge on any atom is 0.0402 e. The standard InChI is InChI=1S/C19H30N2/c1-3-12-20-18(16-8-4-5-9-16)14-21-15(2)13-17-10-6-7-11-19(17)21/h6-7,10-11,15-16,18,20H,3-5,8-9,12-14H2,1-2H3. The summed E-state index contributed by atoms with van der Waals surface area (Å²) in [6.45, 7) is 6.99. The molecular weight excluding hydrogens is 256 g/mol. The molecule has 0 aromatic heterocycles. The molecule has 1 heterocycles. The van der Waals surface area contributed by atoms with Gasteiger partial charge in [0.15, 0.2) is 0 Å². The summed E-state index contributed by atoms with van der Waals surface area (Å²) in [5.41, 5.74) is 3.01. The summed E-state index contributed by atoms with van der Waals surface area (Å²) in [5, 5.41) is 3.85. The molecule has 0 amide bonds. The summed E-state index contributed by atoms with van der Waals surface area (Å²) in [4.78, 5) is 2.65. The summed E-state index contributed by atoms with van der Waals surface area (Å²) in [5.74, 6) is 0.886. The van der Waals surface area contributed by atoms with E-state index in [1.54, 1.807) is 0 Å². The van der Waals surface area contributed by atoms with E-state index in [4.69, 9.17) is 0 Å². The van der Waals surface area contributed by atoms with Crippen LogP contribution in [0.4, 0.5) is 5.69 Å². The van der Waals surface area contributed by atoms with Gasteiger partial charge in [0, 0.05) is 24.3 Å². The average Bonchev–Trinajstić information content (AvgIpc) is 3.11. The van der Waals surface area contributed by atoms with Crippen molar-refractivity contribution in [1.29, 1.82) is 0 Å². The predicted molar refractivity (Wildman–Crippen MR) is 91.0 cm³/mol. The molecule has 0 bridgehead atoms. The number of fused-ring (bicyclic) bond motifs is 1. The van der Waals surface area contributed by atoms with Crippen LogP contribution in [0.3, 0.4) is 0 Å². The van der Waals surface area contributed by atoms with Gasteiger partial charge in [-0.3, -0.25) is 0 Å². The third-order valence-corrected chi connectivity index (χ3v) is 5.37. The normalized spacial score (nSPS) is 23.5. The van der Waals surface area contributed by atoms with Crippen LogP contribution < -0.4 is 10.2 Å². The molecule has 2 heteroatoms. The molecule has 1 aliphatic heterocycles. The summed E-state index contributed by atoms with van der Waals surface area (Å²) in [6.07, 6.45) is 8.15. The van der Waals surface area contributed by atoms with Crippen LogP contribution in [0, 0.1) is 5.92 Å². The Bertz CT molecular complexity index is 451. The summed E-state index contributed by atoms with van der Waals surface area (Å²) < 4.78 is 0. The molecule has 2 nitrogen and oxygen atoms in total. The van der Waals surface area contributed by atoms with Crippen LogP contribution in [0.5, 0.6) is 0 Å². The predicted octanol–water partition coefficient (Wildman–Crippen LogP) is 4.00. The Kier molecular flexibility index (Phi) is 4.84. The summed E-state index contributed by atoms with van der Waals surface area (Å²) in [6, 6.07) is 10.3. The van der Waals surface area contributed by atoms with Gasteiger partial charge in [-0.05, 0) is 56.7 Å². The van der Waals surface area contributed by atoms with Crippen LogP contribution in [0.15, 0.2) is 24.3 Å². The van der Waals surface area contributed by atoms with Gasteiger partial charge in [0.2, 0.25) is 0 Å². The number of hydrogen-bond donors (Lipinski definition) is 1. The lowest BCUT2D eigenvalue weighted by Gasteiger charge is -2.33. The van der Waals surface area contributed by atoms with Crippen molar-refractivity contribution >= 4 is 5.69 Å². The highest BCUT2D eigenvalue weighted by Gasteiger charge is 2.31. The van der Waals surface area contributed by atoms with E-state index in [-0.39, 0.29) is 0 Å². The van der Waals surface area contributed by atoms with Crippen LogP contribution in [0.1, 0.15) is 51.5 Å². The van der Waals surface area contributed by atoms with Crippen LogP contribution in [-0.2, 0) is 6.42 Å². The van der Waals surface area contributed by atoms with Crippen LogP contribution in [0.2, 0.25) is 0 Å². The Morgan fingerprint density at radius 1 is 1.24 bits per heavy atom. The first-order valence-electron chi connectivity index (χ1n) is 8.87. The van der Waals surface area contributed by atoms with Gasteiger partial charge in [-0.2, -0.15) is 0 Å². The lowest BCUT2D eigenvalue weighted by Crippen LogP contribution is -2.47. The quantitative estimate of drug-likeness (QED) is 0.850. The van der Waals surface area contributed by atoms with Gasteiger partial charge in [-0.25, -0.2) is 0 Å². The fourth-order valence-corrected chi connectivity index (χ4v) is 4.19. The lowest BCUT2D eigenvalue weighted by atomic mass is 9.97. The second-order valence-electron chi connectivity index (χ2n) is 6.94. The van der Waals surface area contributed by atoms with Gasteiger partial charge in [0.05, 0.1) is 0 Å². The Morgan fingerprint density at radius 3 is 2.76 bits per heavy atom. The van der Waals surface area contributed by atoms with Crippen molar-refractivity contribution in [1.82, 2.24) is 5.32 Å². The minimum Gasteiger partial charge on any atom is -0.367 e. The van der Waals surface area contributed by atoms with E-state index < -0.39 is 0 Å². The number of rotatable bonds is 6. The second-order valence-corrected chi connectivity index (χ2v) is 6.94. The molecule has 0 saturated heterocycles. The van der Waals surface area contributed by atoms with E-state index in [9.17, 15) is 0 Å². The molecule has 1 fully saturated rings. The third kappa shape index (κ3) is 3.26. The number of nitrogens with one attached hydrogen (secondary N) is 1. The van der Waals surface area contributed by atoms with E-state index in [1.165, 1.54) is 56.3 Å². The van der Waals surface area contributed by atoms with Gasteiger partial charge in [0.1, 0.15) is 0 Å². The number of para-hydroxylation sites is 1. The number of benzene rings is 1. The Hall–Kier alpha value is -1.02. The highest BCUT2D eigenvalue weighted by Crippen LogP contribution is 2.34. The molecule has 2 aliphatic rings. The van der Waals surface area contributed by atoms with Crippen molar-refractivity contribution in [2.75, 3.05) is 18.0 Å². The maximum absolute atomic E-state index is 3.85. The van der Waals surface area contributed by atoms with E-state index in [1.807, 2.05) is 0 Å². The monoisotopic (exact) mass is 286 g/mol. The van der Waals surface area contributed by atoms with Gasteiger partial charge in [-0.15, -0.1) is 0 Å². The molecule has 1 aliphatic carbocycles. The van der Waals surface area contributed by atoms with Crippen molar-refractivity contribution in [3.05, 3.63) is 29.8 Å². The van der Waals surface area contributed by atoms with Crippen molar-refractivity contribution in [3.8, 4) is 0 Å². The second kappa shape index (κ2) is 6.83. The highest BCUT2D eigenvalue weighted by atomic mass is 15.2. The number of hydrogen-bond acceptors (Lipinski definition) is 2. The molecule has 0 radical (unpaired) electrons. The molecule has 116 valence electrons. The van der Waals surface area contributed by atoms with Gasteiger partial charge in [-0.1, -0.05) is 38.0 Å². The van der Waals surface area contributed by atoms with Crippen molar-refractivity contribution in [3.63, 3.8) is 0 Å². The minimum atomic E-state index is 0.648. The van der Waals surface area contributed by atoms with Crippen molar-refractivity contribution in [2.24, 2.45) is 5.92 Å². The summed E-state index contributed by atoms with van der Waals surface area (Å²) in [7, 11) is 0. The Labute approximate surface area is 129 Å². The molecule has 21 heavy (non-hydrogen) atoms. The van der Waals surface area contributed by atoms with E-state index in [0.29, 0.717) is 12.1 Å². The Balaban J connectivity index is 1.72. The van der Waals surface area contributed by atoms with E-state index in [0.717, 1.165) is 12.5 Å². The first-order valence-corrected chi connectivity index (χ1v) is 8.87. The summed E-state index contributed by atoms with van der Waals surface area (Å²) >= 11 is 0. The molecule has 0 spiro atoms. The zero-order chi connectivity index (χ0) is 14.7. The molecule has 1 saturated carbocycles. The van der Waals surface area contributed by atoms with Gasteiger partial charge < -0.3 is 10.2 Å². The smallest absolute Gasteiger partial charge is 0.0402 e. The highest BCUT2D eigenvalue weighted by molar-refractivity contribution is 5.59. The first kappa shape index (κ1) is 14.9. The molecule has 3 rings (SSSR count). The van der Waals surface area contributed by atoms with Gasteiger partial charge >= 0.3 is 0 Å². The molecule has 1 N–H and O–H groups in total. The Morgan fingerprint density at radius 2 is 2.00 bits per heavy atom. The molecule has 1 aromatic rings. The largest absolute Gasteiger partial charge is 0.367 e. The van der Waals surface area contributed by atoms with Gasteiger partial charge in [0.25, 0.3) is 0 Å². The molecule has 1 aromatic carbocycles. The van der Waals surface area contributed by atoms with Crippen LogP contribution in [-0.4, -0.2) is 25.2 Å². The van der Waals surface area contributed by atoms with Crippen molar-refractivity contribution < 1.29 is 0 Å². The third-order valence-electron chi connectivity index (χ3n) is 5.37. The lowest BCUT2D eigenvalue weighted by molar-refractivity contribution is 0.354. The van der Waals surface area contributed by atoms with Crippen LogP contribution in [0.25, 0.3) is 0 Å². The van der Waals surface area contributed by atoms with Crippen molar-refractivity contribution in [2.45, 2.75) is 64.5 Å². The molecular formula is C19H30N2. The maximum atomic E-state index is 3.85. The molecule has 2 unspecified atom stereocenters. The minimum absolute atomic E-state index is 0.648. The van der Waals surface area contributed by atoms with E-state index >= 15 is 0 Å². The first-order chi connectivity index (χ1) is 10.3. The fourth-order valence-electron chi connectivity index (χ4n) is 4.19. The fraction of sp³-hybridized carbons (Fsp3) is 0.684. The SMILES string of the molecule is CCCNC(CN1c2ccccc2CC1C)C1CCCC1.